The minimum absolute atomic E-state index is 0.0156. The van der Waals surface area contributed by atoms with Gasteiger partial charge in [-0.3, -0.25) is 0 Å². The predicted octanol–water partition coefficient (Wildman–Crippen LogP) is 2.64. The van der Waals surface area contributed by atoms with E-state index in [4.69, 9.17) is 19.8 Å². The molecule has 0 fully saturated rings. The van der Waals surface area contributed by atoms with Gasteiger partial charge in [-0.2, -0.15) is 5.26 Å². The van der Waals surface area contributed by atoms with Gasteiger partial charge in [0.15, 0.2) is 0 Å². The van der Waals surface area contributed by atoms with Crippen LogP contribution in [0.15, 0.2) is 42.5 Å². The first-order chi connectivity index (χ1) is 9.76. The van der Waals surface area contributed by atoms with Crippen LogP contribution >= 0.6 is 0 Å². The van der Waals surface area contributed by atoms with Crippen molar-refractivity contribution in [3.05, 3.63) is 59.2 Å². The molecule has 0 saturated carbocycles. The molecular formula is C16H15NO3. The number of hydrogen-bond donors (Lipinski definition) is 1. The topological polar surface area (TPSA) is 62.5 Å². The third kappa shape index (κ3) is 3.28. The summed E-state index contributed by atoms with van der Waals surface area (Å²) >= 11 is 0. The number of nitriles is 1. The van der Waals surface area contributed by atoms with Gasteiger partial charge < -0.3 is 14.6 Å². The fourth-order valence-corrected chi connectivity index (χ4v) is 1.83. The summed E-state index contributed by atoms with van der Waals surface area (Å²) < 4.78 is 10.7. The van der Waals surface area contributed by atoms with E-state index in [2.05, 4.69) is 6.07 Å². The molecule has 20 heavy (non-hydrogen) atoms. The fourth-order valence-electron chi connectivity index (χ4n) is 1.83. The third-order valence-corrected chi connectivity index (χ3v) is 2.87. The number of aliphatic hydroxyl groups is 1. The average molecular weight is 269 g/mol. The van der Waals surface area contributed by atoms with Crippen LogP contribution in [0.2, 0.25) is 0 Å². The van der Waals surface area contributed by atoms with E-state index in [1.807, 2.05) is 24.3 Å². The number of ether oxygens (including phenoxy) is 2. The van der Waals surface area contributed by atoms with E-state index >= 15 is 0 Å². The predicted molar refractivity (Wildman–Crippen MR) is 74.4 cm³/mol. The van der Waals surface area contributed by atoms with Crippen LogP contribution in [0.4, 0.5) is 0 Å². The number of rotatable bonds is 5. The van der Waals surface area contributed by atoms with Crippen LogP contribution in [0.1, 0.15) is 16.7 Å². The van der Waals surface area contributed by atoms with Crippen LogP contribution < -0.4 is 9.47 Å². The molecule has 0 bridgehead atoms. The molecule has 0 radical (unpaired) electrons. The van der Waals surface area contributed by atoms with Crippen molar-refractivity contribution in [3.63, 3.8) is 0 Å². The zero-order valence-electron chi connectivity index (χ0n) is 11.2. The Balaban J connectivity index is 2.09. The maximum atomic E-state index is 9.07. The summed E-state index contributed by atoms with van der Waals surface area (Å²) in [5.74, 6) is 1.24. The molecule has 0 spiro atoms. The highest BCUT2D eigenvalue weighted by Crippen LogP contribution is 2.20. The summed E-state index contributed by atoms with van der Waals surface area (Å²) in [6.45, 7) is 0.339. The minimum atomic E-state index is -0.0156. The van der Waals surface area contributed by atoms with E-state index in [0.29, 0.717) is 23.7 Å². The molecule has 0 unspecified atom stereocenters. The maximum absolute atomic E-state index is 9.07. The summed E-state index contributed by atoms with van der Waals surface area (Å²) in [5, 5.41) is 18.1. The highest BCUT2D eigenvalue weighted by atomic mass is 16.5. The molecule has 0 heterocycles. The minimum Gasteiger partial charge on any atom is -0.495 e. The summed E-state index contributed by atoms with van der Waals surface area (Å²) in [6.07, 6.45) is 0. The van der Waals surface area contributed by atoms with Gasteiger partial charge in [-0.1, -0.05) is 18.2 Å². The highest BCUT2D eigenvalue weighted by molar-refractivity contribution is 5.45. The molecule has 1 N–H and O–H groups in total. The molecular weight excluding hydrogens is 254 g/mol. The zero-order chi connectivity index (χ0) is 14.4. The molecule has 0 aliphatic rings. The van der Waals surface area contributed by atoms with Crippen molar-refractivity contribution in [2.45, 2.75) is 13.2 Å². The second-order valence-corrected chi connectivity index (χ2v) is 4.24. The third-order valence-electron chi connectivity index (χ3n) is 2.87. The summed E-state index contributed by atoms with van der Waals surface area (Å²) in [4.78, 5) is 0. The Morgan fingerprint density at radius 2 is 2.00 bits per heavy atom. The van der Waals surface area contributed by atoms with Gasteiger partial charge >= 0.3 is 0 Å². The van der Waals surface area contributed by atoms with E-state index in [-0.39, 0.29) is 6.61 Å². The molecule has 2 aromatic carbocycles. The number of hydrogen-bond acceptors (Lipinski definition) is 4. The molecule has 0 aliphatic heterocycles. The van der Waals surface area contributed by atoms with E-state index in [1.165, 1.54) is 7.11 Å². The molecule has 0 atom stereocenters. The Morgan fingerprint density at radius 3 is 2.70 bits per heavy atom. The van der Waals surface area contributed by atoms with Gasteiger partial charge in [0.05, 0.1) is 19.3 Å². The Kier molecular flexibility index (Phi) is 4.59. The quantitative estimate of drug-likeness (QED) is 0.906. The van der Waals surface area contributed by atoms with Crippen molar-refractivity contribution < 1.29 is 14.6 Å². The maximum Gasteiger partial charge on any atom is 0.136 e. The highest BCUT2D eigenvalue weighted by Gasteiger charge is 2.04. The van der Waals surface area contributed by atoms with Gasteiger partial charge in [-0.15, -0.1) is 0 Å². The van der Waals surface area contributed by atoms with E-state index < -0.39 is 0 Å². The Hall–Kier alpha value is -2.51. The lowest BCUT2D eigenvalue weighted by Crippen LogP contribution is -1.98. The normalized spacial score (nSPS) is 9.85. The second-order valence-electron chi connectivity index (χ2n) is 4.24. The summed E-state index contributed by atoms with van der Waals surface area (Å²) in [6, 6.07) is 14.7. The monoisotopic (exact) mass is 269 g/mol. The molecule has 4 heteroatoms. The number of methoxy groups -OCH3 is 1. The first-order valence-electron chi connectivity index (χ1n) is 6.16. The molecule has 0 amide bonds. The average Bonchev–Trinajstić information content (AvgIpc) is 2.52. The largest absolute Gasteiger partial charge is 0.495 e. The van der Waals surface area contributed by atoms with Gasteiger partial charge in [-0.25, -0.2) is 0 Å². The van der Waals surface area contributed by atoms with Gasteiger partial charge in [0.2, 0.25) is 0 Å². The van der Waals surface area contributed by atoms with Crippen molar-refractivity contribution in [2.24, 2.45) is 0 Å². The summed E-state index contributed by atoms with van der Waals surface area (Å²) in [5.41, 5.74) is 2.17. The van der Waals surface area contributed by atoms with E-state index in [9.17, 15) is 0 Å². The molecule has 0 saturated heterocycles. The van der Waals surface area contributed by atoms with Crippen LogP contribution in [0, 0.1) is 11.3 Å². The van der Waals surface area contributed by atoms with E-state index in [1.54, 1.807) is 18.2 Å². The van der Waals surface area contributed by atoms with Crippen LogP contribution in [-0.2, 0) is 13.2 Å². The van der Waals surface area contributed by atoms with Crippen molar-refractivity contribution >= 4 is 0 Å². The molecule has 2 aromatic rings. The van der Waals surface area contributed by atoms with Crippen LogP contribution in [0.5, 0.6) is 11.5 Å². The Morgan fingerprint density at radius 1 is 1.15 bits per heavy atom. The van der Waals surface area contributed by atoms with Gasteiger partial charge in [0.25, 0.3) is 0 Å². The standard InChI is InChI=1S/C16H15NO3/c1-19-16-6-5-13(7-14(16)9-17)11-20-15-4-2-3-12(8-15)10-18/h2-8,18H,10-11H2,1H3. The van der Waals surface area contributed by atoms with Crippen LogP contribution in [0.3, 0.4) is 0 Å². The fraction of sp³-hybridized carbons (Fsp3) is 0.188. The van der Waals surface area contributed by atoms with Crippen molar-refractivity contribution in [2.75, 3.05) is 7.11 Å². The number of aliphatic hydroxyl groups excluding tert-OH is 1. The Bertz CT molecular complexity index is 632. The molecule has 0 aromatic heterocycles. The van der Waals surface area contributed by atoms with Gasteiger partial charge in [0, 0.05) is 0 Å². The lowest BCUT2D eigenvalue weighted by atomic mass is 10.1. The first-order valence-corrected chi connectivity index (χ1v) is 6.16. The number of nitrogens with zero attached hydrogens (tertiary/aromatic N) is 1. The van der Waals surface area contributed by atoms with Crippen molar-refractivity contribution in [3.8, 4) is 17.6 Å². The first kappa shape index (κ1) is 13.9. The Labute approximate surface area is 117 Å². The molecule has 102 valence electrons. The van der Waals surface area contributed by atoms with Crippen molar-refractivity contribution in [1.29, 1.82) is 5.26 Å². The van der Waals surface area contributed by atoms with Crippen LogP contribution in [-0.4, -0.2) is 12.2 Å². The number of benzene rings is 2. The van der Waals surface area contributed by atoms with Gasteiger partial charge in [-0.05, 0) is 35.4 Å². The smallest absolute Gasteiger partial charge is 0.136 e. The van der Waals surface area contributed by atoms with Crippen LogP contribution in [0.25, 0.3) is 0 Å². The molecule has 4 nitrogen and oxygen atoms in total. The van der Waals surface area contributed by atoms with Gasteiger partial charge in [0.1, 0.15) is 24.2 Å². The summed E-state index contributed by atoms with van der Waals surface area (Å²) in [7, 11) is 1.53. The molecule has 2 rings (SSSR count). The zero-order valence-corrected chi connectivity index (χ0v) is 11.2. The lowest BCUT2D eigenvalue weighted by molar-refractivity contribution is 0.278. The second kappa shape index (κ2) is 6.60. The molecule has 0 aliphatic carbocycles. The SMILES string of the molecule is COc1ccc(COc2cccc(CO)c2)cc1C#N. The van der Waals surface area contributed by atoms with E-state index in [0.717, 1.165) is 11.1 Å². The van der Waals surface area contributed by atoms with Crippen molar-refractivity contribution in [1.82, 2.24) is 0 Å². The lowest BCUT2D eigenvalue weighted by Gasteiger charge is -2.09.